The summed E-state index contributed by atoms with van der Waals surface area (Å²) in [6.07, 6.45) is 6.53. The van der Waals surface area contributed by atoms with E-state index in [0.29, 0.717) is 12.1 Å². The van der Waals surface area contributed by atoms with E-state index in [9.17, 15) is 4.79 Å². The Morgan fingerprint density at radius 3 is 2.58 bits per heavy atom. The average molecular weight is 262 g/mol. The molecule has 1 N–H and O–H groups in total. The Morgan fingerprint density at radius 1 is 1.37 bits per heavy atom. The molecule has 0 atom stereocenters. The van der Waals surface area contributed by atoms with E-state index < -0.39 is 0 Å². The van der Waals surface area contributed by atoms with Crippen LogP contribution >= 0.6 is 0 Å². The minimum Gasteiger partial charge on any atom is -0.352 e. The van der Waals surface area contributed by atoms with Crippen LogP contribution in [0.25, 0.3) is 0 Å². The van der Waals surface area contributed by atoms with Gasteiger partial charge in [0, 0.05) is 32.0 Å². The zero-order chi connectivity index (χ0) is 13.7. The molecule has 19 heavy (non-hydrogen) atoms. The van der Waals surface area contributed by atoms with Crippen LogP contribution in [0.5, 0.6) is 0 Å². The van der Waals surface area contributed by atoms with Crippen LogP contribution in [0.15, 0.2) is 12.4 Å². The van der Waals surface area contributed by atoms with Gasteiger partial charge in [-0.05, 0) is 25.2 Å². The molecule has 0 aromatic carbocycles. The van der Waals surface area contributed by atoms with Gasteiger partial charge in [0.25, 0.3) is 5.91 Å². The van der Waals surface area contributed by atoms with Crippen molar-refractivity contribution >= 4 is 11.9 Å². The molecular weight excluding hydrogens is 240 g/mol. The van der Waals surface area contributed by atoms with Crippen LogP contribution in [0.1, 0.15) is 43.5 Å². The van der Waals surface area contributed by atoms with Gasteiger partial charge < -0.3 is 10.2 Å². The number of hydrogen-bond donors (Lipinski definition) is 1. The van der Waals surface area contributed by atoms with Gasteiger partial charge in [-0.3, -0.25) is 4.79 Å². The zero-order valence-corrected chi connectivity index (χ0v) is 11.7. The topological polar surface area (TPSA) is 58.1 Å². The van der Waals surface area contributed by atoms with Crippen LogP contribution in [0.4, 0.5) is 5.95 Å². The summed E-state index contributed by atoms with van der Waals surface area (Å²) in [5, 5.41) is 2.82. The van der Waals surface area contributed by atoms with Gasteiger partial charge in [0.1, 0.15) is 0 Å². The molecule has 2 rings (SSSR count). The average Bonchev–Trinajstić information content (AvgIpc) is 2.46. The third-order valence-electron chi connectivity index (χ3n) is 3.50. The highest BCUT2D eigenvalue weighted by Crippen LogP contribution is 2.19. The van der Waals surface area contributed by atoms with E-state index in [2.05, 4.69) is 27.1 Å². The Bertz CT molecular complexity index is 410. The fourth-order valence-corrected chi connectivity index (χ4v) is 2.15. The predicted octanol–water partition coefficient (Wildman–Crippen LogP) is 1.85. The Kier molecular flexibility index (Phi) is 4.71. The number of carbonyl (C=O) groups is 1. The van der Waals surface area contributed by atoms with Gasteiger partial charge >= 0.3 is 0 Å². The van der Waals surface area contributed by atoms with Gasteiger partial charge in [0.2, 0.25) is 5.95 Å². The molecule has 0 unspecified atom stereocenters. The van der Waals surface area contributed by atoms with Crippen molar-refractivity contribution in [1.82, 2.24) is 15.3 Å². The molecule has 5 nitrogen and oxygen atoms in total. The number of carbonyl (C=O) groups excluding carboxylic acids is 1. The highest BCUT2D eigenvalue weighted by Gasteiger charge is 2.18. The van der Waals surface area contributed by atoms with Crippen molar-refractivity contribution in [3.8, 4) is 0 Å². The molecule has 0 spiro atoms. The van der Waals surface area contributed by atoms with Gasteiger partial charge in [-0.2, -0.15) is 0 Å². The van der Waals surface area contributed by atoms with Gasteiger partial charge in [0.15, 0.2) is 0 Å². The van der Waals surface area contributed by atoms with Gasteiger partial charge in [-0.15, -0.1) is 0 Å². The van der Waals surface area contributed by atoms with Crippen molar-refractivity contribution in [3.63, 3.8) is 0 Å². The molecule has 2 heterocycles. The van der Waals surface area contributed by atoms with Crippen molar-refractivity contribution < 1.29 is 4.79 Å². The maximum Gasteiger partial charge on any atom is 0.254 e. The minimum absolute atomic E-state index is 0.0966. The molecular formula is C14H22N4O. The van der Waals surface area contributed by atoms with Crippen LogP contribution in [-0.2, 0) is 0 Å². The Balaban J connectivity index is 1.96. The van der Waals surface area contributed by atoms with Crippen LogP contribution in [-0.4, -0.2) is 35.5 Å². The Morgan fingerprint density at radius 2 is 2.00 bits per heavy atom. The molecule has 1 aliphatic heterocycles. The fraction of sp³-hybridized carbons (Fsp3) is 0.643. The molecule has 1 fully saturated rings. The summed E-state index contributed by atoms with van der Waals surface area (Å²) in [4.78, 5) is 22.5. The van der Waals surface area contributed by atoms with Gasteiger partial charge in [-0.25, -0.2) is 9.97 Å². The highest BCUT2D eigenvalue weighted by atomic mass is 16.1. The van der Waals surface area contributed by atoms with E-state index in [1.165, 1.54) is 12.8 Å². The first kappa shape index (κ1) is 13.8. The second kappa shape index (κ2) is 6.50. The van der Waals surface area contributed by atoms with Crippen molar-refractivity contribution in [2.24, 2.45) is 5.92 Å². The third-order valence-corrected chi connectivity index (χ3v) is 3.50. The van der Waals surface area contributed by atoms with Crippen molar-refractivity contribution in [2.75, 3.05) is 24.5 Å². The minimum atomic E-state index is -0.0966. The largest absolute Gasteiger partial charge is 0.352 e. The second-order valence-corrected chi connectivity index (χ2v) is 5.20. The SMILES string of the molecule is CCCNC(=O)c1cnc(N2CCC(C)CC2)nc1. The monoisotopic (exact) mass is 262 g/mol. The van der Waals surface area contributed by atoms with Crippen molar-refractivity contribution in [2.45, 2.75) is 33.1 Å². The first-order chi connectivity index (χ1) is 9.20. The summed E-state index contributed by atoms with van der Waals surface area (Å²) in [7, 11) is 0. The van der Waals surface area contributed by atoms with Crippen LogP contribution in [0, 0.1) is 5.92 Å². The van der Waals surface area contributed by atoms with Crippen LogP contribution in [0.3, 0.4) is 0 Å². The third kappa shape index (κ3) is 3.66. The van der Waals surface area contributed by atoms with Crippen molar-refractivity contribution in [3.05, 3.63) is 18.0 Å². The molecule has 104 valence electrons. The lowest BCUT2D eigenvalue weighted by Crippen LogP contribution is -2.34. The molecule has 1 aromatic rings. The number of piperidine rings is 1. The lowest BCUT2D eigenvalue weighted by molar-refractivity contribution is 0.0953. The molecule has 0 radical (unpaired) electrons. The lowest BCUT2D eigenvalue weighted by Gasteiger charge is -2.30. The summed E-state index contributed by atoms with van der Waals surface area (Å²) in [6.45, 7) is 6.99. The van der Waals surface area contributed by atoms with Gasteiger partial charge in [0.05, 0.1) is 5.56 Å². The molecule has 1 aliphatic rings. The number of nitrogens with one attached hydrogen (secondary N) is 1. The standard InChI is InChI=1S/C14H22N4O/c1-3-6-15-13(19)12-9-16-14(17-10-12)18-7-4-11(2)5-8-18/h9-11H,3-8H2,1-2H3,(H,15,19). The number of aromatic nitrogens is 2. The first-order valence-corrected chi connectivity index (χ1v) is 7.06. The predicted molar refractivity (Wildman–Crippen MR) is 75.3 cm³/mol. The fourth-order valence-electron chi connectivity index (χ4n) is 2.15. The van der Waals surface area contributed by atoms with Crippen LogP contribution < -0.4 is 10.2 Å². The summed E-state index contributed by atoms with van der Waals surface area (Å²) in [5.74, 6) is 1.43. The number of anilines is 1. The van der Waals surface area contributed by atoms with E-state index in [1.807, 2.05) is 6.92 Å². The number of rotatable bonds is 4. The number of hydrogen-bond acceptors (Lipinski definition) is 4. The summed E-state index contributed by atoms with van der Waals surface area (Å²) < 4.78 is 0. The molecule has 1 amide bonds. The quantitative estimate of drug-likeness (QED) is 0.899. The lowest BCUT2D eigenvalue weighted by atomic mass is 10.00. The molecule has 0 saturated carbocycles. The van der Waals surface area contributed by atoms with Crippen LogP contribution in [0.2, 0.25) is 0 Å². The summed E-state index contributed by atoms with van der Waals surface area (Å²) in [6, 6.07) is 0. The Labute approximate surface area is 114 Å². The molecule has 0 bridgehead atoms. The molecule has 1 aromatic heterocycles. The van der Waals surface area contributed by atoms with E-state index in [1.54, 1.807) is 12.4 Å². The molecule has 1 saturated heterocycles. The molecule has 5 heteroatoms. The summed E-state index contributed by atoms with van der Waals surface area (Å²) in [5.41, 5.74) is 0.530. The van der Waals surface area contributed by atoms with Gasteiger partial charge in [-0.1, -0.05) is 13.8 Å². The maximum absolute atomic E-state index is 11.7. The van der Waals surface area contributed by atoms with E-state index in [0.717, 1.165) is 31.4 Å². The van der Waals surface area contributed by atoms with Crippen molar-refractivity contribution in [1.29, 1.82) is 0 Å². The zero-order valence-electron chi connectivity index (χ0n) is 11.7. The maximum atomic E-state index is 11.7. The molecule has 0 aliphatic carbocycles. The highest BCUT2D eigenvalue weighted by molar-refractivity contribution is 5.93. The number of amides is 1. The smallest absolute Gasteiger partial charge is 0.254 e. The number of nitrogens with zero attached hydrogens (tertiary/aromatic N) is 3. The van der Waals surface area contributed by atoms with E-state index >= 15 is 0 Å². The van der Waals surface area contributed by atoms with E-state index in [-0.39, 0.29) is 5.91 Å². The Hall–Kier alpha value is -1.65. The second-order valence-electron chi connectivity index (χ2n) is 5.20. The normalized spacial score (nSPS) is 16.4. The summed E-state index contributed by atoms with van der Waals surface area (Å²) >= 11 is 0. The van der Waals surface area contributed by atoms with E-state index in [4.69, 9.17) is 0 Å². The first-order valence-electron chi connectivity index (χ1n) is 7.06.